The maximum atomic E-state index is 12.2. The number of methoxy groups -OCH3 is 1. The number of carbonyl (C=O) groups is 2. The van der Waals surface area contributed by atoms with Gasteiger partial charge in [0.05, 0.1) is 13.2 Å². The maximum Gasteiger partial charge on any atom is 0.407 e. The molecular weight excluding hydrogens is 340 g/mol. The van der Waals surface area contributed by atoms with E-state index in [0.29, 0.717) is 0 Å². The summed E-state index contributed by atoms with van der Waals surface area (Å²) in [6, 6.07) is 7.56. The largest absolute Gasteiger partial charge is 0.468 e. The van der Waals surface area contributed by atoms with E-state index in [1.807, 2.05) is 30.3 Å². The Labute approximate surface area is 152 Å². The van der Waals surface area contributed by atoms with Crippen LogP contribution < -0.4 is 10.6 Å². The standard InChI is InChI=1S/C18H26N2O6/c1-11(2)15(18(23)20-14(12(3)26-18)16(21)24-4)19-17(22)25-10-13-8-6-5-7-9-13/h5-9,11-12,14-15,20,23H,10H2,1-4H3,(H,19,22)/t12-,14-,15-,18?/m0/s1. The number of rotatable bonds is 6. The first-order valence-electron chi connectivity index (χ1n) is 8.49. The fraction of sp³-hybridized carbons (Fsp3) is 0.556. The lowest BCUT2D eigenvalue weighted by molar-refractivity contribution is -0.225. The number of amides is 1. The molecule has 1 heterocycles. The molecule has 0 aliphatic carbocycles. The number of nitrogens with one attached hydrogen (secondary N) is 2. The van der Waals surface area contributed by atoms with E-state index in [2.05, 4.69) is 10.6 Å². The van der Waals surface area contributed by atoms with Crippen molar-refractivity contribution in [3.8, 4) is 0 Å². The minimum Gasteiger partial charge on any atom is -0.468 e. The topological polar surface area (TPSA) is 106 Å². The highest BCUT2D eigenvalue weighted by Gasteiger charge is 2.52. The third-order valence-electron chi connectivity index (χ3n) is 4.23. The number of esters is 1. The lowest BCUT2D eigenvalue weighted by Crippen LogP contribution is -2.63. The third-order valence-corrected chi connectivity index (χ3v) is 4.23. The Morgan fingerprint density at radius 2 is 2.00 bits per heavy atom. The molecule has 26 heavy (non-hydrogen) atoms. The van der Waals surface area contributed by atoms with Crippen LogP contribution in [-0.4, -0.2) is 48.4 Å². The number of carbonyl (C=O) groups excluding carboxylic acids is 2. The van der Waals surface area contributed by atoms with Crippen molar-refractivity contribution in [1.82, 2.24) is 10.6 Å². The van der Waals surface area contributed by atoms with Gasteiger partial charge in [0.1, 0.15) is 18.7 Å². The van der Waals surface area contributed by atoms with E-state index < -0.39 is 36.2 Å². The first-order chi connectivity index (χ1) is 12.3. The Hall–Kier alpha value is -2.16. The molecule has 2 rings (SSSR count). The normalized spacial score (nSPS) is 26.4. The van der Waals surface area contributed by atoms with E-state index in [9.17, 15) is 14.7 Å². The van der Waals surface area contributed by atoms with Crippen LogP contribution in [0.3, 0.4) is 0 Å². The third kappa shape index (κ3) is 4.72. The summed E-state index contributed by atoms with van der Waals surface area (Å²) in [4.78, 5) is 24.0. The molecule has 1 aromatic rings. The second-order valence-corrected chi connectivity index (χ2v) is 6.59. The van der Waals surface area contributed by atoms with Crippen LogP contribution in [0.2, 0.25) is 0 Å². The zero-order valence-corrected chi connectivity index (χ0v) is 15.4. The van der Waals surface area contributed by atoms with Crippen molar-refractivity contribution < 1.29 is 28.9 Å². The molecule has 1 aliphatic rings. The van der Waals surface area contributed by atoms with Gasteiger partial charge in [0.2, 0.25) is 5.91 Å². The summed E-state index contributed by atoms with van der Waals surface area (Å²) in [7, 11) is 1.26. The highest BCUT2D eigenvalue weighted by molar-refractivity contribution is 5.77. The van der Waals surface area contributed by atoms with Crippen LogP contribution in [0.4, 0.5) is 4.79 Å². The Morgan fingerprint density at radius 3 is 2.58 bits per heavy atom. The van der Waals surface area contributed by atoms with E-state index in [0.717, 1.165) is 5.56 Å². The van der Waals surface area contributed by atoms with Crippen molar-refractivity contribution in [3.63, 3.8) is 0 Å². The zero-order chi connectivity index (χ0) is 19.3. The van der Waals surface area contributed by atoms with Crippen LogP contribution in [-0.2, 0) is 25.6 Å². The number of benzene rings is 1. The highest BCUT2D eigenvalue weighted by Crippen LogP contribution is 2.27. The molecular formula is C18H26N2O6. The molecule has 1 unspecified atom stereocenters. The smallest absolute Gasteiger partial charge is 0.407 e. The van der Waals surface area contributed by atoms with Gasteiger partial charge in [-0.2, -0.15) is 0 Å². The summed E-state index contributed by atoms with van der Waals surface area (Å²) in [6.07, 6.45) is -1.32. The Morgan fingerprint density at radius 1 is 1.35 bits per heavy atom. The summed E-state index contributed by atoms with van der Waals surface area (Å²) < 4.78 is 15.4. The highest BCUT2D eigenvalue weighted by atomic mass is 16.7. The average molecular weight is 366 g/mol. The van der Waals surface area contributed by atoms with Gasteiger partial charge in [-0.05, 0) is 18.4 Å². The van der Waals surface area contributed by atoms with Crippen molar-refractivity contribution in [2.24, 2.45) is 5.92 Å². The van der Waals surface area contributed by atoms with Gasteiger partial charge >= 0.3 is 12.1 Å². The minimum atomic E-state index is -1.92. The predicted octanol–water partition coefficient (Wildman–Crippen LogP) is 1.13. The molecule has 8 heteroatoms. The van der Waals surface area contributed by atoms with Crippen molar-refractivity contribution >= 4 is 12.1 Å². The molecule has 1 saturated heterocycles. The van der Waals surface area contributed by atoms with E-state index in [-0.39, 0.29) is 12.5 Å². The Bertz CT molecular complexity index is 623. The van der Waals surface area contributed by atoms with Gasteiger partial charge in [-0.25, -0.2) is 10.1 Å². The first kappa shape index (κ1) is 20.2. The predicted molar refractivity (Wildman–Crippen MR) is 92.8 cm³/mol. The second-order valence-electron chi connectivity index (χ2n) is 6.59. The first-order valence-corrected chi connectivity index (χ1v) is 8.49. The van der Waals surface area contributed by atoms with Crippen LogP contribution in [0, 0.1) is 5.92 Å². The van der Waals surface area contributed by atoms with Gasteiger partial charge in [-0.1, -0.05) is 44.2 Å². The summed E-state index contributed by atoms with van der Waals surface area (Å²) in [6.45, 7) is 5.35. The fourth-order valence-corrected chi connectivity index (χ4v) is 2.87. The maximum absolute atomic E-state index is 12.2. The minimum absolute atomic E-state index is 0.103. The van der Waals surface area contributed by atoms with Gasteiger partial charge in [0, 0.05) is 0 Å². The fourth-order valence-electron chi connectivity index (χ4n) is 2.87. The Balaban J connectivity index is 2.01. The monoisotopic (exact) mass is 366 g/mol. The number of aliphatic hydroxyl groups is 1. The van der Waals surface area contributed by atoms with Crippen molar-refractivity contribution in [2.45, 2.75) is 51.5 Å². The number of ether oxygens (including phenoxy) is 3. The second kappa shape index (κ2) is 8.48. The molecule has 0 bridgehead atoms. The molecule has 1 fully saturated rings. The summed E-state index contributed by atoms with van der Waals surface area (Å²) in [5, 5.41) is 16.2. The van der Waals surface area contributed by atoms with Gasteiger partial charge in [-0.15, -0.1) is 0 Å². The van der Waals surface area contributed by atoms with Crippen molar-refractivity contribution in [2.75, 3.05) is 7.11 Å². The van der Waals surface area contributed by atoms with Crippen molar-refractivity contribution in [3.05, 3.63) is 35.9 Å². The SMILES string of the molecule is COC(=O)[C@H]1NC(O)([C@@H](NC(=O)OCc2ccccc2)C(C)C)O[C@H]1C. The lowest BCUT2D eigenvalue weighted by Gasteiger charge is -2.34. The summed E-state index contributed by atoms with van der Waals surface area (Å²) >= 11 is 0. The number of hydrogen-bond donors (Lipinski definition) is 3. The van der Waals surface area contributed by atoms with Crippen molar-refractivity contribution in [1.29, 1.82) is 0 Å². The average Bonchev–Trinajstić information content (AvgIpc) is 2.93. The van der Waals surface area contributed by atoms with E-state index in [1.165, 1.54) is 7.11 Å². The van der Waals surface area contributed by atoms with Crippen LogP contribution in [0.5, 0.6) is 0 Å². The lowest BCUT2D eigenvalue weighted by atomic mass is 10.0. The molecule has 1 aromatic carbocycles. The summed E-state index contributed by atoms with van der Waals surface area (Å²) in [5.41, 5.74) is 0.845. The van der Waals surface area contributed by atoms with Gasteiger partial charge in [0.15, 0.2) is 0 Å². The van der Waals surface area contributed by atoms with Crippen LogP contribution in [0.25, 0.3) is 0 Å². The number of hydrogen-bond acceptors (Lipinski definition) is 7. The van der Waals surface area contributed by atoms with Crippen LogP contribution >= 0.6 is 0 Å². The molecule has 1 aliphatic heterocycles. The Kier molecular flexibility index (Phi) is 6.57. The van der Waals surface area contributed by atoms with Gasteiger partial charge in [-0.3, -0.25) is 4.79 Å². The van der Waals surface area contributed by atoms with E-state index >= 15 is 0 Å². The van der Waals surface area contributed by atoms with E-state index in [4.69, 9.17) is 14.2 Å². The van der Waals surface area contributed by atoms with Gasteiger partial charge < -0.3 is 24.6 Å². The molecule has 0 saturated carbocycles. The molecule has 8 nitrogen and oxygen atoms in total. The van der Waals surface area contributed by atoms with Crippen LogP contribution in [0.1, 0.15) is 26.3 Å². The van der Waals surface area contributed by atoms with Gasteiger partial charge in [0.25, 0.3) is 0 Å². The molecule has 1 amide bonds. The van der Waals surface area contributed by atoms with Crippen LogP contribution in [0.15, 0.2) is 30.3 Å². The number of alkyl carbamates (subject to hydrolysis) is 1. The molecule has 0 spiro atoms. The molecule has 4 atom stereocenters. The quantitative estimate of drug-likeness (QED) is 0.648. The molecule has 0 aromatic heterocycles. The molecule has 3 N–H and O–H groups in total. The molecule has 144 valence electrons. The molecule has 0 radical (unpaired) electrons. The van der Waals surface area contributed by atoms with E-state index in [1.54, 1.807) is 20.8 Å². The summed E-state index contributed by atoms with van der Waals surface area (Å²) in [5.74, 6) is -2.68. The zero-order valence-electron chi connectivity index (χ0n) is 15.4.